The fraction of sp³-hybridized carbons (Fsp3) is 0.500. The van der Waals surface area contributed by atoms with Crippen molar-refractivity contribution in [3.63, 3.8) is 0 Å². The van der Waals surface area contributed by atoms with Gasteiger partial charge in [0.1, 0.15) is 16.4 Å². The lowest BCUT2D eigenvalue weighted by molar-refractivity contribution is 0.496. The second-order valence-electron chi connectivity index (χ2n) is 5.62. The van der Waals surface area contributed by atoms with Crippen LogP contribution in [0.4, 0.5) is 5.13 Å². The predicted octanol–water partition coefficient (Wildman–Crippen LogP) is 3.28. The van der Waals surface area contributed by atoms with Crippen LogP contribution in [0.15, 0.2) is 15.4 Å². The SMILES string of the molecule is Cc1cc(S(=O)(=O)Nc2nc3c(s2)CC(C)CC3)c(C)o1. The first-order valence-electron chi connectivity index (χ1n) is 6.93. The lowest BCUT2D eigenvalue weighted by Gasteiger charge is -2.15. The van der Waals surface area contributed by atoms with E-state index in [-0.39, 0.29) is 4.90 Å². The molecule has 0 spiro atoms. The highest BCUT2D eigenvalue weighted by molar-refractivity contribution is 7.93. The highest BCUT2D eigenvalue weighted by atomic mass is 32.2. The maximum atomic E-state index is 12.4. The molecule has 1 aliphatic rings. The number of rotatable bonds is 3. The highest BCUT2D eigenvalue weighted by Gasteiger charge is 2.25. The van der Waals surface area contributed by atoms with Crippen molar-refractivity contribution in [2.24, 2.45) is 5.92 Å². The van der Waals surface area contributed by atoms with Crippen LogP contribution in [0.5, 0.6) is 0 Å². The molecule has 1 atom stereocenters. The molecule has 0 aromatic carbocycles. The Hall–Kier alpha value is -1.34. The summed E-state index contributed by atoms with van der Waals surface area (Å²) in [5.41, 5.74) is 1.04. The summed E-state index contributed by atoms with van der Waals surface area (Å²) in [5.74, 6) is 1.62. The van der Waals surface area contributed by atoms with Gasteiger partial charge in [0, 0.05) is 10.9 Å². The summed E-state index contributed by atoms with van der Waals surface area (Å²) in [7, 11) is -3.63. The van der Waals surface area contributed by atoms with Crippen molar-refractivity contribution in [1.29, 1.82) is 0 Å². The first kappa shape index (κ1) is 14.6. The van der Waals surface area contributed by atoms with Gasteiger partial charge >= 0.3 is 0 Å². The Balaban J connectivity index is 1.88. The minimum Gasteiger partial charge on any atom is -0.465 e. The summed E-state index contributed by atoms with van der Waals surface area (Å²) < 4.78 is 32.7. The van der Waals surface area contributed by atoms with Gasteiger partial charge < -0.3 is 4.42 Å². The summed E-state index contributed by atoms with van der Waals surface area (Å²) in [4.78, 5) is 5.81. The number of furan rings is 1. The summed E-state index contributed by atoms with van der Waals surface area (Å²) >= 11 is 1.44. The molecule has 0 amide bonds. The quantitative estimate of drug-likeness (QED) is 0.939. The number of thiazole rings is 1. The van der Waals surface area contributed by atoms with Gasteiger partial charge in [-0.25, -0.2) is 13.4 Å². The number of nitrogens with zero attached hydrogens (tertiary/aromatic N) is 1. The maximum Gasteiger partial charge on any atom is 0.267 e. The van der Waals surface area contributed by atoms with E-state index >= 15 is 0 Å². The Bertz CT molecular complexity index is 774. The van der Waals surface area contributed by atoms with Gasteiger partial charge in [0.25, 0.3) is 10.0 Å². The van der Waals surface area contributed by atoms with Gasteiger partial charge in [-0.2, -0.15) is 0 Å². The predicted molar refractivity (Wildman–Crippen MR) is 82.3 cm³/mol. The summed E-state index contributed by atoms with van der Waals surface area (Å²) in [6.45, 7) is 5.59. The Morgan fingerprint density at radius 3 is 2.86 bits per heavy atom. The molecule has 0 saturated carbocycles. The smallest absolute Gasteiger partial charge is 0.267 e. The molecule has 114 valence electrons. The molecule has 2 aromatic rings. The van der Waals surface area contributed by atoms with Gasteiger partial charge in [0.05, 0.1) is 5.69 Å². The normalized spacial score (nSPS) is 18.5. The van der Waals surface area contributed by atoms with Gasteiger partial charge in [-0.1, -0.05) is 6.92 Å². The third kappa shape index (κ3) is 2.85. The van der Waals surface area contributed by atoms with E-state index < -0.39 is 10.0 Å². The van der Waals surface area contributed by atoms with E-state index in [2.05, 4.69) is 16.6 Å². The lowest BCUT2D eigenvalue weighted by Crippen LogP contribution is -2.13. The molecule has 1 unspecified atom stereocenters. The number of nitrogens with one attached hydrogen (secondary N) is 1. The van der Waals surface area contributed by atoms with Gasteiger partial charge in [0.15, 0.2) is 5.13 Å². The minimum absolute atomic E-state index is 0.182. The molecule has 1 aliphatic carbocycles. The first-order valence-corrected chi connectivity index (χ1v) is 9.23. The molecule has 1 N–H and O–H groups in total. The monoisotopic (exact) mass is 326 g/mol. The van der Waals surface area contributed by atoms with E-state index in [1.165, 1.54) is 22.3 Å². The molecule has 5 nitrogen and oxygen atoms in total. The zero-order chi connectivity index (χ0) is 15.2. The van der Waals surface area contributed by atoms with E-state index in [0.717, 1.165) is 25.0 Å². The number of fused-ring (bicyclic) bond motifs is 1. The fourth-order valence-corrected chi connectivity index (χ4v) is 5.27. The number of anilines is 1. The van der Waals surface area contributed by atoms with Gasteiger partial charge in [-0.3, -0.25) is 4.72 Å². The van der Waals surface area contributed by atoms with Crippen LogP contribution in [0.1, 0.15) is 35.4 Å². The van der Waals surface area contributed by atoms with Gasteiger partial charge in [-0.05, 0) is 39.0 Å². The van der Waals surface area contributed by atoms with Crippen molar-refractivity contribution >= 4 is 26.5 Å². The summed E-state index contributed by atoms with van der Waals surface area (Å²) in [5, 5.41) is 0.451. The average Bonchev–Trinajstić information content (AvgIpc) is 2.91. The summed E-state index contributed by atoms with van der Waals surface area (Å²) in [6, 6.07) is 1.53. The van der Waals surface area contributed by atoms with Crippen molar-refractivity contribution in [3.05, 3.63) is 28.2 Å². The van der Waals surface area contributed by atoms with Crippen LogP contribution in [0, 0.1) is 19.8 Å². The van der Waals surface area contributed by atoms with E-state index in [0.29, 0.717) is 22.6 Å². The van der Waals surface area contributed by atoms with Gasteiger partial charge in [0.2, 0.25) is 0 Å². The highest BCUT2D eigenvalue weighted by Crippen LogP contribution is 2.33. The Morgan fingerprint density at radius 2 is 2.19 bits per heavy atom. The van der Waals surface area contributed by atoms with Crippen molar-refractivity contribution in [1.82, 2.24) is 4.98 Å². The van der Waals surface area contributed by atoms with E-state index in [1.54, 1.807) is 13.8 Å². The molecule has 21 heavy (non-hydrogen) atoms. The maximum absolute atomic E-state index is 12.4. The van der Waals surface area contributed by atoms with Crippen LogP contribution < -0.4 is 4.72 Å². The zero-order valence-corrected chi connectivity index (χ0v) is 13.9. The van der Waals surface area contributed by atoms with Crippen molar-refractivity contribution < 1.29 is 12.8 Å². The van der Waals surface area contributed by atoms with Crippen molar-refractivity contribution in [3.8, 4) is 0 Å². The van der Waals surface area contributed by atoms with Gasteiger partial charge in [-0.15, -0.1) is 11.3 Å². The lowest BCUT2D eigenvalue weighted by atomic mass is 9.93. The third-order valence-electron chi connectivity index (χ3n) is 3.69. The second-order valence-corrected chi connectivity index (χ2v) is 8.35. The summed E-state index contributed by atoms with van der Waals surface area (Å²) in [6.07, 6.45) is 3.03. The number of sulfonamides is 1. The Labute approximate surface area is 128 Å². The molecular weight excluding hydrogens is 308 g/mol. The minimum atomic E-state index is -3.63. The number of hydrogen-bond acceptors (Lipinski definition) is 5. The molecule has 2 aromatic heterocycles. The number of aromatic nitrogens is 1. The van der Waals surface area contributed by atoms with Crippen LogP contribution in [-0.4, -0.2) is 13.4 Å². The molecule has 0 radical (unpaired) electrons. The van der Waals surface area contributed by atoms with E-state index in [1.807, 2.05) is 0 Å². The largest absolute Gasteiger partial charge is 0.465 e. The molecule has 2 heterocycles. The number of aryl methyl sites for hydroxylation is 3. The molecule has 7 heteroatoms. The van der Waals surface area contributed by atoms with Crippen molar-refractivity contribution in [2.75, 3.05) is 4.72 Å². The standard InChI is InChI=1S/C14H18N2O3S2/c1-8-4-5-11-12(6-8)20-14(15-11)16-21(17,18)13-7-9(2)19-10(13)3/h7-8H,4-6H2,1-3H3,(H,15,16). The zero-order valence-electron chi connectivity index (χ0n) is 12.3. The molecular formula is C14H18N2O3S2. The average molecular weight is 326 g/mol. The van der Waals surface area contributed by atoms with Crippen LogP contribution in [0.2, 0.25) is 0 Å². The van der Waals surface area contributed by atoms with E-state index in [9.17, 15) is 8.42 Å². The first-order chi connectivity index (χ1) is 9.85. The van der Waals surface area contributed by atoms with Crippen LogP contribution in [0.25, 0.3) is 0 Å². The third-order valence-corrected chi connectivity index (χ3v) is 6.30. The van der Waals surface area contributed by atoms with Crippen LogP contribution >= 0.6 is 11.3 Å². The fourth-order valence-electron chi connectivity index (χ4n) is 2.63. The Kier molecular flexibility index (Phi) is 3.57. The number of hydrogen-bond donors (Lipinski definition) is 1. The van der Waals surface area contributed by atoms with Crippen LogP contribution in [-0.2, 0) is 22.9 Å². The molecule has 0 bridgehead atoms. The topological polar surface area (TPSA) is 72.2 Å². The van der Waals surface area contributed by atoms with E-state index in [4.69, 9.17) is 4.42 Å². The molecule has 0 aliphatic heterocycles. The molecule has 0 fully saturated rings. The van der Waals surface area contributed by atoms with Crippen molar-refractivity contribution in [2.45, 2.75) is 44.9 Å². The molecule has 0 saturated heterocycles. The second kappa shape index (κ2) is 5.14. The Morgan fingerprint density at radius 1 is 1.43 bits per heavy atom. The molecule has 3 rings (SSSR count). The van der Waals surface area contributed by atoms with Crippen LogP contribution in [0.3, 0.4) is 0 Å².